The molecule has 0 spiro atoms. The lowest BCUT2D eigenvalue weighted by Gasteiger charge is -2.45. The number of halogens is 1. The molecule has 1 N–H and O–H groups in total. The number of para-hydroxylation sites is 1. The van der Waals surface area contributed by atoms with Gasteiger partial charge in [-0.15, -0.1) is 0 Å². The molecule has 0 aromatic heterocycles. The standard InChI is InChI=1S/C25H29BrN2O7S/c1-14-19-21(29)28(25(9-10-25)23(30)31)24(32)27(22(19)36-20(14)26)13-18(35-15-7-11-34-12-8-15)16-5-3-4-6-17(16)33-2/h3-6,15,18-19,22H,7-13H2,1-2H3,(H,30,31)/t18-,19?,22?/m1/s1. The summed E-state index contributed by atoms with van der Waals surface area (Å²) in [4.78, 5) is 42.3. The first kappa shape index (κ1) is 25.6. The number of amides is 3. The third kappa shape index (κ3) is 4.33. The summed E-state index contributed by atoms with van der Waals surface area (Å²) in [5.74, 6) is -1.57. The molecule has 3 heterocycles. The molecule has 194 valence electrons. The first-order valence-corrected chi connectivity index (χ1v) is 13.7. The second-order valence-corrected chi connectivity index (χ2v) is 12.0. The summed E-state index contributed by atoms with van der Waals surface area (Å²) in [5, 5.41) is 9.45. The lowest BCUT2D eigenvalue weighted by molar-refractivity contribution is -0.153. The topological polar surface area (TPSA) is 106 Å². The number of methoxy groups -OCH3 is 1. The van der Waals surface area contributed by atoms with Gasteiger partial charge in [0, 0.05) is 18.8 Å². The quantitative estimate of drug-likeness (QED) is 0.489. The first-order valence-electron chi connectivity index (χ1n) is 12.1. The Morgan fingerprint density at radius 1 is 1.28 bits per heavy atom. The number of benzene rings is 1. The number of hydrogen-bond donors (Lipinski definition) is 1. The molecule has 1 saturated carbocycles. The molecule has 2 unspecified atom stereocenters. The number of carbonyl (C=O) groups is 3. The number of fused-ring (bicyclic) bond motifs is 1. The molecule has 3 fully saturated rings. The number of carbonyl (C=O) groups excluding carboxylic acids is 2. The summed E-state index contributed by atoms with van der Waals surface area (Å²) in [7, 11) is 1.59. The molecule has 1 aliphatic carbocycles. The number of urea groups is 1. The molecule has 3 amide bonds. The van der Waals surface area contributed by atoms with Gasteiger partial charge in [0.1, 0.15) is 22.8 Å². The summed E-state index contributed by atoms with van der Waals surface area (Å²) < 4.78 is 18.5. The van der Waals surface area contributed by atoms with E-state index < -0.39 is 40.8 Å². The zero-order chi connectivity index (χ0) is 25.6. The van der Waals surface area contributed by atoms with Crippen LogP contribution in [-0.2, 0) is 19.1 Å². The zero-order valence-electron chi connectivity index (χ0n) is 20.1. The Hall–Kier alpha value is -2.08. The molecule has 0 radical (unpaired) electrons. The van der Waals surface area contributed by atoms with Gasteiger partial charge in [-0.2, -0.15) is 0 Å². The molecular formula is C25H29BrN2O7S. The number of ether oxygens (including phenoxy) is 3. The smallest absolute Gasteiger partial charge is 0.330 e. The van der Waals surface area contributed by atoms with Crippen LogP contribution in [0.15, 0.2) is 33.7 Å². The Morgan fingerprint density at radius 3 is 2.61 bits per heavy atom. The van der Waals surface area contributed by atoms with Gasteiger partial charge >= 0.3 is 12.0 Å². The number of carboxylic acid groups (broad SMARTS) is 1. The van der Waals surface area contributed by atoms with E-state index in [-0.39, 0.29) is 25.5 Å². The Morgan fingerprint density at radius 2 is 1.97 bits per heavy atom. The molecule has 3 aliphatic heterocycles. The van der Waals surface area contributed by atoms with Crippen LogP contribution in [-0.4, -0.2) is 76.7 Å². The molecular weight excluding hydrogens is 552 g/mol. The van der Waals surface area contributed by atoms with Gasteiger partial charge in [-0.05, 0) is 60.2 Å². The number of aliphatic carboxylic acids is 1. The number of carboxylic acids is 1. The normalized spacial score (nSPS) is 26.8. The van der Waals surface area contributed by atoms with Crippen LogP contribution in [0, 0.1) is 5.92 Å². The third-order valence-electron chi connectivity index (χ3n) is 7.44. The molecule has 36 heavy (non-hydrogen) atoms. The average Bonchev–Trinajstić information content (AvgIpc) is 3.62. The highest BCUT2D eigenvalue weighted by Gasteiger charge is 2.65. The Balaban J connectivity index is 1.52. The van der Waals surface area contributed by atoms with Crippen LogP contribution in [0.1, 0.15) is 44.3 Å². The second kappa shape index (κ2) is 10.00. The number of hydrogen-bond acceptors (Lipinski definition) is 7. The zero-order valence-corrected chi connectivity index (χ0v) is 22.5. The van der Waals surface area contributed by atoms with Crippen molar-refractivity contribution in [2.24, 2.45) is 5.92 Å². The second-order valence-electron chi connectivity index (χ2n) is 9.57. The fraction of sp³-hybridized carbons (Fsp3) is 0.560. The van der Waals surface area contributed by atoms with Crippen molar-refractivity contribution in [2.75, 3.05) is 26.9 Å². The highest BCUT2D eigenvalue weighted by molar-refractivity contribution is 9.14. The number of rotatable bonds is 8. The Bertz CT molecular complexity index is 1100. The molecule has 2 saturated heterocycles. The van der Waals surface area contributed by atoms with E-state index in [0.29, 0.717) is 19.0 Å². The van der Waals surface area contributed by atoms with Gasteiger partial charge in [0.2, 0.25) is 5.91 Å². The molecule has 1 aromatic rings. The van der Waals surface area contributed by atoms with Crippen molar-refractivity contribution in [1.82, 2.24) is 9.80 Å². The van der Waals surface area contributed by atoms with Gasteiger partial charge in [-0.1, -0.05) is 30.0 Å². The van der Waals surface area contributed by atoms with Crippen molar-refractivity contribution in [3.63, 3.8) is 0 Å². The van der Waals surface area contributed by atoms with Crippen molar-refractivity contribution in [3.05, 3.63) is 39.2 Å². The highest BCUT2D eigenvalue weighted by Crippen LogP contribution is 2.53. The minimum atomic E-state index is -1.47. The lowest BCUT2D eigenvalue weighted by Crippen LogP contribution is -2.65. The fourth-order valence-corrected chi connectivity index (χ4v) is 7.33. The summed E-state index contributed by atoms with van der Waals surface area (Å²) >= 11 is 4.96. The van der Waals surface area contributed by atoms with Crippen LogP contribution in [0.3, 0.4) is 0 Å². The van der Waals surface area contributed by atoms with Gasteiger partial charge in [0.05, 0.1) is 29.5 Å². The van der Waals surface area contributed by atoms with E-state index in [1.165, 1.54) is 11.8 Å². The van der Waals surface area contributed by atoms with Crippen molar-refractivity contribution in [3.8, 4) is 5.75 Å². The average molecular weight is 581 g/mol. The van der Waals surface area contributed by atoms with Crippen molar-refractivity contribution >= 4 is 45.6 Å². The van der Waals surface area contributed by atoms with Crippen LogP contribution < -0.4 is 4.74 Å². The van der Waals surface area contributed by atoms with Gasteiger partial charge in [0.25, 0.3) is 0 Å². The van der Waals surface area contributed by atoms with Crippen molar-refractivity contribution in [2.45, 2.75) is 55.7 Å². The maximum atomic E-state index is 13.9. The first-order chi connectivity index (χ1) is 17.3. The fourth-order valence-electron chi connectivity index (χ4n) is 5.22. The van der Waals surface area contributed by atoms with E-state index in [1.54, 1.807) is 12.0 Å². The van der Waals surface area contributed by atoms with E-state index in [1.807, 2.05) is 31.2 Å². The monoisotopic (exact) mass is 580 g/mol. The molecule has 3 atom stereocenters. The van der Waals surface area contributed by atoms with Gasteiger partial charge in [-0.25, -0.2) is 14.5 Å². The van der Waals surface area contributed by atoms with Gasteiger partial charge in [0.15, 0.2) is 0 Å². The maximum absolute atomic E-state index is 13.9. The van der Waals surface area contributed by atoms with Crippen LogP contribution in [0.4, 0.5) is 4.79 Å². The third-order valence-corrected chi connectivity index (χ3v) is 9.92. The van der Waals surface area contributed by atoms with E-state index in [0.717, 1.165) is 32.7 Å². The summed E-state index contributed by atoms with van der Waals surface area (Å²) in [6.45, 7) is 3.21. The van der Waals surface area contributed by atoms with Crippen LogP contribution in [0.25, 0.3) is 0 Å². The predicted molar refractivity (Wildman–Crippen MR) is 136 cm³/mol. The molecule has 4 aliphatic rings. The molecule has 11 heteroatoms. The van der Waals surface area contributed by atoms with Gasteiger partial charge < -0.3 is 24.2 Å². The van der Waals surface area contributed by atoms with Crippen molar-refractivity contribution in [1.29, 1.82) is 0 Å². The Labute approximate surface area is 222 Å². The summed E-state index contributed by atoms with van der Waals surface area (Å²) in [6.07, 6.45) is 1.40. The number of thioether (sulfide) groups is 1. The summed E-state index contributed by atoms with van der Waals surface area (Å²) in [5.41, 5.74) is 0.127. The SMILES string of the molecule is COc1ccccc1[C@@H](CN1C(=O)N(C2(C(=O)O)CC2)C(=O)C2C(C)=C(Br)SC21)OC1CCOCC1. The van der Waals surface area contributed by atoms with E-state index in [2.05, 4.69) is 15.9 Å². The highest BCUT2D eigenvalue weighted by atomic mass is 79.9. The lowest BCUT2D eigenvalue weighted by atomic mass is 9.95. The minimum Gasteiger partial charge on any atom is -0.496 e. The molecule has 0 bridgehead atoms. The van der Waals surface area contributed by atoms with Crippen molar-refractivity contribution < 1.29 is 33.7 Å². The minimum absolute atomic E-state index is 0.0568. The van der Waals surface area contributed by atoms with E-state index in [4.69, 9.17) is 14.2 Å². The summed E-state index contributed by atoms with van der Waals surface area (Å²) in [6, 6.07) is 6.95. The van der Waals surface area contributed by atoms with Crippen LogP contribution in [0.2, 0.25) is 0 Å². The number of nitrogens with zero attached hydrogens (tertiary/aromatic N) is 2. The van der Waals surface area contributed by atoms with Crippen LogP contribution in [0.5, 0.6) is 5.75 Å². The van der Waals surface area contributed by atoms with Gasteiger partial charge in [-0.3, -0.25) is 4.79 Å². The molecule has 1 aromatic carbocycles. The molecule has 5 rings (SSSR count). The van der Waals surface area contributed by atoms with E-state index >= 15 is 0 Å². The number of imide groups is 1. The maximum Gasteiger partial charge on any atom is 0.330 e. The van der Waals surface area contributed by atoms with E-state index in [9.17, 15) is 19.5 Å². The predicted octanol–water partition coefficient (Wildman–Crippen LogP) is 4.13. The Kier molecular flexibility index (Phi) is 7.10. The largest absolute Gasteiger partial charge is 0.496 e. The molecule has 9 nitrogen and oxygen atoms in total. The van der Waals surface area contributed by atoms with Crippen LogP contribution >= 0.6 is 27.7 Å².